The number of nitrogens with one attached hydrogen (secondary N) is 1. The van der Waals surface area contributed by atoms with Crippen LogP contribution in [0.1, 0.15) is 16.8 Å². The number of amides is 1. The van der Waals surface area contributed by atoms with Crippen LogP contribution < -0.4 is 11.1 Å². The van der Waals surface area contributed by atoms with Crippen molar-refractivity contribution in [3.05, 3.63) is 26.6 Å². The monoisotopic (exact) mass is 422 g/mol. The quantitative estimate of drug-likeness (QED) is 0.685. The number of benzene rings is 1. The summed E-state index contributed by atoms with van der Waals surface area (Å²) in [4.78, 5) is 23.8. The van der Waals surface area contributed by atoms with Gasteiger partial charge >= 0.3 is 5.97 Å². The number of anilines is 1. The van der Waals surface area contributed by atoms with Gasteiger partial charge in [-0.2, -0.15) is 0 Å². The van der Waals surface area contributed by atoms with Crippen molar-refractivity contribution in [3.8, 4) is 0 Å². The Kier molecular flexibility index (Phi) is 7.30. The van der Waals surface area contributed by atoms with Crippen molar-refractivity contribution in [1.82, 2.24) is 0 Å². The van der Waals surface area contributed by atoms with E-state index in [4.69, 9.17) is 15.2 Å². The van der Waals surface area contributed by atoms with Crippen molar-refractivity contribution in [1.29, 1.82) is 0 Å². The first kappa shape index (κ1) is 18.1. The molecule has 1 aromatic rings. The molecular formula is C13H16Br2N2O4. The molecule has 8 heteroatoms. The van der Waals surface area contributed by atoms with Crippen LogP contribution in [0, 0.1) is 0 Å². The second-order valence-corrected chi connectivity index (χ2v) is 5.92. The normalized spacial score (nSPS) is 11.9. The van der Waals surface area contributed by atoms with Crippen molar-refractivity contribution in [3.63, 3.8) is 0 Å². The molecule has 1 amide bonds. The summed E-state index contributed by atoms with van der Waals surface area (Å²) in [5.41, 5.74) is 6.07. The minimum atomic E-state index is -0.547. The average molecular weight is 424 g/mol. The summed E-state index contributed by atoms with van der Waals surface area (Å²) in [7, 11) is 2.76. The molecule has 0 spiro atoms. The van der Waals surface area contributed by atoms with Crippen molar-refractivity contribution in [2.24, 2.45) is 5.73 Å². The standard InChI is InChI=1S/C13H16Br2N2O4/c1-20-8(6-16)5-11(18)17-12-9(13(19)21-2)3-7(14)4-10(12)15/h3-4,8H,5-6,16H2,1-2H3,(H,17,18). The molecule has 1 rings (SSSR count). The Balaban J connectivity index is 3.01. The number of hydrogen-bond donors (Lipinski definition) is 2. The number of ether oxygens (including phenoxy) is 2. The van der Waals surface area contributed by atoms with E-state index in [1.54, 1.807) is 12.1 Å². The van der Waals surface area contributed by atoms with Crippen LogP contribution >= 0.6 is 31.9 Å². The molecule has 0 aromatic heterocycles. The smallest absolute Gasteiger partial charge is 0.340 e. The number of esters is 1. The summed E-state index contributed by atoms with van der Waals surface area (Å²) in [5.74, 6) is -0.852. The van der Waals surface area contributed by atoms with E-state index in [0.717, 1.165) is 0 Å². The van der Waals surface area contributed by atoms with Crippen LogP contribution in [0.25, 0.3) is 0 Å². The van der Waals surface area contributed by atoms with Gasteiger partial charge in [0.15, 0.2) is 0 Å². The van der Waals surface area contributed by atoms with Crippen LogP contribution in [0.15, 0.2) is 21.1 Å². The molecule has 0 fully saturated rings. The number of carbonyl (C=O) groups is 2. The third kappa shape index (κ3) is 5.06. The van der Waals surface area contributed by atoms with Gasteiger partial charge in [0, 0.05) is 22.6 Å². The fourth-order valence-electron chi connectivity index (χ4n) is 1.63. The van der Waals surface area contributed by atoms with Crippen molar-refractivity contribution in [2.75, 3.05) is 26.1 Å². The predicted molar refractivity (Wildman–Crippen MR) is 86.3 cm³/mol. The summed E-state index contributed by atoms with van der Waals surface area (Å²) < 4.78 is 11.0. The lowest BCUT2D eigenvalue weighted by molar-refractivity contribution is -0.118. The first-order valence-electron chi connectivity index (χ1n) is 6.03. The van der Waals surface area contributed by atoms with Gasteiger partial charge in [-0.05, 0) is 28.1 Å². The molecule has 0 aliphatic heterocycles. The second-order valence-electron chi connectivity index (χ2n) is 4.15. The Morgan fingerprint density at radius 3 is 2.52 bits per heavy atom. The third-order valence-corrected chi connectivity index (χ3v) is 3.82. The summed E-state index contributed by atoms with van der Waals surface area (Å²) in [5, 5.41) is 2.68. The Bertz CT molecular complexity index is 533. The maximum absolute atomic E-state index is 12.0. The summed E-state index contributed by atoms with van der Waals surface area (Å²) in [6.07, 6.45) is -0.281. The van der Waals surface area contributed by atoms with Gasteiger partial charge in [0.05, 0.1) is 30.9 Å². The minimum absolute atomic E-state index is 0.0934. The molecule has 0 heterocycles. The van der Waals surface area contributed by atoms with E-state index >= 15 is 0 Å². The van der Waals surface area contributed by atoms with Gasteiger partial charge < -0.3 is 20.5 Å². The maximum atomic E-state index is 12.0. The molecule has 0 aliphatic carbocycles. The molecule has 0 saturated heterocycles. The molecule has 21 heavy (non-hydrogen) atoms. The molecule has 116 valence electrons. The van der Waals surface area contributed by atoms with Gasteiger partial charge in [-0.1, -0.05) is 15.9 Å². The number of methoxy groups -OCH3 is 2. The zero-order chi connectivity index (χ0) is 16.0. The van der Waals surface area contributed by atoms with E-state index in [1.807, 2.05) is 0 Å². The van der Waals surface area contributed by atoms with Crippen molar-refractivity contribution >= 4 is 49.4 Å². The van der Waals surface area contributed by atoms with Crippen LogP contribution in [0.5, 0.6) is 0 Å². The molecular weight excluding hydrogens is 408 g/mol. The van der Waals surface area contributed by atoms with E-state index in [1.165, 1.54) is 14.2 Å². The van der Waals surface area contributed by atoms with Gasteiger partial charge in [0.25, 0.3) is 0 Å². The zero-order valence-electron chi connectivity index (χ0n) is 11.6. The van der Waals surface area contributed by atoms with E-state index in [0.29, 0.717) is 14.6 Å². The molecule has 1 aromatic carbocycles. The number of rotatable bonds is 6. The second kappa shape index (κ2) is 8.47. The highest BCUT2D eigenvalue weighted by Gasteiger charge is 2.19. The molecule has 1 unspecified atom stereocenters. The number of nitrogens with two attached hydrogens (primary N) is 1. The lowest BCUT2D eigenvalue weighted by Gasteiger charge is -2.15. The van der Waals surface area contributed by atoms with Crippen LogP contribution in [-0.2, 0) is 14.3 Å². The molecule has 3 N–H and O–H groups in total. The Labute approximate surface area is 139 Å². The lowest BCUT2D eigenvalue weighted by atomic mass is 10.1. The highest BCUT2D eigenvalue weighted by Crippen LogP contribution is 2.31. The summed E-state index contributed by atoms with van der Waals surface area (Å²) in [6.45, 7) is 0.231. The number of hydrogen-bond acceptors (Lipinski definition) is 5. The van der Waals surface area contributed by atoms with Gasteiger partial charge in [-0.3, -0.25) is 4.79 Å². The molecule has 0 aliphatic rings. The zero-order valence-corrected chi connectivity index (χ0v) is 14.8. The first-order valence-corrected chi connectivity index (χ1v) is 7.61. The number of carbonyl (C=O) groups excluding carboxylic acids is 2. The van der Waals surface area contributed by atoms with Gasteiger partial charge in [0.2, 0.25) is 5.91 Å². The molecule has 1 atom stereocenters. The van der Waals surface area contributed by atoms with Crippen LogP contribution in [0.2, 0.25) is 0 Å². The van der Waals surface area contributed by atoms with Gasteiger partial charge in [-0.15, -0.1) is 0 Å². The van der Waals surface area contributed by atoms with E-state index in [-0.39, 0.29) is 30.5 Å². The molecule has 0 bridgehead atoms. The average Bonchev–Trinajstić information content (AvgIpc) is 2.46. The highest BCUT2D eigenvalue weighted by atomic mass is 79.9. The molecule has 0 radical (unpaired) electrons. The van der Waals surface area contributed by atoms with Crippen molar-refractivity contribution < 1.29 is 19.1 Å². The fraction of sp³-hybridized carbons (Fsp3) is 0.385. The van der Waals surface area contributed by atoms with Gasteiger partial charge in [-0.25, -0.2) is 4.79 Å². The predicted octanol–water partition coefficient (Wildman–Crippen LogP) is 2.30. The lowest BCUT2D eigenvalue weighted by Crippen LogP contribution is -2.28. The van der Waals surface area contributed by atoms with Crippen molar-refractivity contribution in [2.45, 2.75) is 12.5 Å². The van der Waals surface area contributed by atoms with Crippen LogP contribution in [-0.4, -0.2) is 38.7 Å². The maximum Gasteiger partial charge on any atom is 0.340 e. The minimum Gasteiger partial charge on any atom is -0.465 e. The third-order valence-electron chi connectivity index (χ3n) is 2.73. The topological polar surface area (TPSA) is 90.7 Å². The Hall–Kier alpha value is -0.960. The number of halogens is 2. The fourth-order valence-corrected chi connectivity index (χ4v) is 2.96. The Morgan fingerprint density at radius 2 is 2.00 bits per heavy atom. The van der Waals surface area contributed by atoms with Crippen LogP contribution in [0.4, 0.5) is 5.69 Å². The molecule has 0 saturated carbocycles. The SMILES string of the molecule is COC(=O)c1cc(Br)cc(Br)c1NC(=O)CC(CN)OC. The van der Waals surface area contributed by atoms with E-state index < -0.39 is 5.97 Å². The first-order chi connectivity index (χ1) is 9.92. The van der Waals surface area contributed by atoms with Gasteiger partial charge in [0.1, 0.15) is 0 Å². The largest absolute Gasteiger partial charge is 0.465 e. The van der Waals surface area contributed by atoms with E-state index in [9.17, 15) is 9.59 Å². The summed E-state index contributed by atoms with van der Waals surface area (Å²) in [6, 6.07) is 3.29. The summed E-state index contributed by atoms with van der Waals surface area (Å²) >= 11 is 6.60. The highest BCUT2D eigenvalue weighted by molar-refractivity contribution is 9.11. The molecule has 6 nitrogen and oxygen atoms in total. The Morgan fingerprint density at radius 1 is 1.33 bits per heavy atom. The van der Waals surface area contributed by atoms with Crippen LogP contribution in [0.3, 0.4) is 0 Å². The van der Waals surface area contributed by atoms with E-state index in [2.05, 4.69) is 37.2 Å².